The first-order valence-electron chi connectivity index (χ1n) is 7.85. The third-order valence-corrected chi connectivity index (χ3v) is 3.99. The number of anilines is 3. The molecule has 3 rings (SSSR count). The van der Waals surface area contributed by atoms with Gasteiger partial charge in [0, 0.05) is 22.6 Å². The monoisotopic (exact) mass is 362 g/mol. The van der Waals surface area contributed by atoms with Gasteiger partial charge in [0.05, 0.1) is 29.1 Å². The minimum atomic E-state index is -0.272. The number of hydrogen-bond donors (Lipinski definition) is 2. The first-order chi connectivity index (χ1) is 12.5. The van der Waals surface area contributed by atoms with E-state index >= 15 is 0 Å². The lowest BCUT2D eigenvalue weighted by Crippen LogP contribution is -2.13. The summed E-state index contributed by atoms with van der Waals surface area (Å²) < 4.78 is 0. The number of amides is 1. The van der Waals surface area contributed by atoms with E-state index in [1.165, 1.54) is 6.20 Å². The minimum absolute atomic E-state index is 0.272. The standard InChI is InChI=1S/C20H15ClN4O/c1-13-2-5-16(21)9-19(13)25-20(26)15-8-18(12-23-11-15)24-17-6-3-14(10-22)4-7-17/h2-9,11-12,24H,1H3,(H,25,26). The maximum absolute atomic E-state index is 12.5. The zero-order valence-corrected chi connectivity index (χ0v) is 14.7. The summed E-state index contributed by atoms with van der Waals surface area (Å²) in [4.78, 5) is 16.6. The second kappa shape index (κ2) is 7.68. The summed E-state index contributed by atoms with van der Waals surface area (Å²) in [5.41, 5.74) is 4.05. The van der Waals surface area contributed by atoms with Crippen LogP contribution in [-0.4, -0.2) is 10.9 Å². The van der Waals surface area contributed by atoms with Gasteiger partial charge < -0.3 is 10.6 Å². The van der Waals surface area contributed by atoms with Gasteiger partial charge in [-0.1, -0.05) is 17.7 Å². The van der Waals surface area contributed by atoms with Gasteiger partial charge in [-0.2, -0.15) is 5.26 Å². The van der Waals surface area contributed by atoms with Crippen LogP contribution in [0, 0.1) is 18.3 Å². The van der Waals surface area contributed by atoms with E-state index in [0.717, 1.165) is 11.3 Å². The molecule has 0 spiro atoms. The Morgan fingerprint density at radius 1 is 1.08 bits per heavy atom. The van der Waals surface area contributed by atoms with Crippen molar-refractivity contribution in [3.8, 4) is 6.07 Å². The fraction of sp³-hybridized carbons (Fsp3) is 0.0500. The van der Waals surface area contributed by atoms with Crippen LogP contribution in [-0.2, 0) is 0 Å². The number of halogens is 1. The van der Waals surface area contributed by atoms with Crippen LogP contribution in [0.5, 0.6) is 0 Å². The van der Waals surface area contributed by atoms with Crippen LogP contribution in [0.25, 0.3) is 0 Å². The van der Waals surface area contributed by atoms with E-state index in [1.807, 2.05) is 13.0 Å². The van der Waals surface area contributed by atoms with Crippen molar-refractivity contribution in [2.75, 3.05) is 10.6 Å². The minimum Gasteiger partial charge on any atom is -0.354 e. The predicted molar refractivity (Wildman–Crippen MR) is 103 cm³/mol. The molecule has 2 N–H and O–H groups in total. The number of carbonyl (C=O) groups is 1. The molecule has 0 aliphatic carbocycles. The van der Waals surface area contributed by atoms with Crippen LogP contribution in [0.1, 0.15) is 21.5 Å². The Bertz CT molecular complexity index is 993. The Hall–Kier alpha value is -3.36. The van der Waals surface area contributed by atoms with E-state index in [4.69, 9.17) is 16.9 Å². The molecule has 128 valence electrons. The van der Waals surface area contributed by atoms with Crippen LogP contribution in [0.2, 0.25) is 5.02 Å². The van der Waals surface area contributed by atoms with Gasteiger partial charge in [0.25, 0.3) is 5.91 Å². The van der Waals surface area contributed by atoms with E-state index < -0.39 is 0 Å². The summed E-state index contributed by atoms with van der Waals surface area (Å²) in [7, 11) is 0. The molecule has 0 atom stereocenters. The van der Waals surface area contributed by atoms with E-state index in [1.54, 1.807) is 48.7 Å². The predicted octanol–water partition coefficient (Wildman–Crippen LogP) is 4.91. The quantitative estimate of drug-likeness (QED) is 0.691. The van der Waals surface area contributed by atoms with E-state index in [-0.39, 0.29) is 5.91 Å². The van der Waals surface area contributed by atoms with Crippen molar-refractivity contribution in [3.63, 3.8) is 0 Å². The van der Waals surface area contributed by atoms with Gasteiger partial charge in [0.15, 0.2) is 0 Å². The number of rotatable bonds is 4. The molecule has 6 heteroatoms. The molecule has 2 aromatic carbocycles. The maximum atomic E-state index is 12.5. The first-order valence-corrected chi connectivity index (χ1v) is 8.23. The number of aryl methyl sites for hydroxylation is 1. The number of aromatic nitrogens is 1. The lowest BCUT2D eigenvalue weighted by atomic mass is 10.2. The highest BCUT2D eigenvalue weighted by Gasteiger charge is 2.10. The SMILES string of the molecule is Cc1ccc(Cl)cc1NC(=O)c1cncc(Nc2ccc(C#N)cc2)c1. The molecule has 0 saturated heterocycles. The number of carbonyl (C=O) groups excluding carboxylic acids is 1. The number of nitrogens with one attached hydrogen (secondary N) is 2. The van der Waals surface area contributed by atoms with Crippen molar-refractivity contribution in [3.05, 3.63) is 82.6 Å². The Labute approximate surface area is 156 Å². The fourth-order valence-electron chi connectivity index (χ4n) is 2.35. The van der Waals surface area contributed by atoms with Crippen molar-refractivity contribution < 1.29 is 4.79 Å². The molecule has 0 aliphatic rings. The maximum Gasteiger partial charge on any atom is 0.257 e. The molecular formula is C20H15ClN4O. The topological polar surface area (TPSA) is 77.8 Å². The molecule has 0 saturated carbocycles. The van der Waals surface area contributed by atoms with Gasteiger partial charge in [-0.05, 0) is 55.0 Å². The van der Waals surface area contributed by atoms with Crippen LogP contribution in [0.4, 0.5) is 17.1 Å². The molecule has 5 nitrogen and oxygen atoms in total. The van der Waals surface area contributed by atoms with Crippen molar-refractivity contribution in [2.45, 2.75) is 6.92 Å². The number of nitriles is 1. The number of benzene rings is 2. The van der Waals surface area contributed by atoms with Crippen LogP contribution >= 0.6 is 11.6 Å². The van der Waals surface area contributed by atoms with Gasteiger partial charge in [0.2, 0.25) is 0 Å². The van der Waals surface area contributed by atoms with Gasteiger partial charge >= 0.3 is 0 Å². The zero-order valence-electron chi connectivity index (χ0n) is 14.0. The average Bonchev–Trinajstić information content (AvgIpc) is 2.65. The van der Waals surface area contributed by atoms with Crippen molar-refractivity contribution in [2.24, 2.45) is 0 Å². The Kier molecular flexibility index (Phi) is 5.16. The fourth-order valence-corrected chi connectivity index (χ4v) is 2.52. The van der Waals surface area contributed by atoms with Crippen molar-refractivity contribution >= 4 is 34.6 Å². The number of hydrogen-bond acceptors (Lipinski definition) is 4. The smallest absolute Gasteiger partial charge is 0.257 e. The third kappa shape index (κ3) is 4.18. The summed E-state index contributed by atoms with van der Waals surface area (Å²) in [6.07, 6.45) is 3.12. The third-order valence-electron chi connectivity index (χ3n) is 3.75. The molecule has 26 heavy (non-hydrogen) atoms. The molecular weight excluding hydrogens is 348 g/mol. The first kappa shape index (κ1) is 17.5. The summed E-state index contributed by atoms with van der Waals surface area (Å²) in [6, 6.07) is 16.1. The van der Waals surface area contributed by atoms with Gasteiger partial charge in [0.1, 0.15) is 0 Å². The summed E-state index contributed by atoms with van der Waals surface area (Å²) >= 11 is 5.99. The molecule has 1 amide bonds. The second-order valence-corrected chi connectivity index (χ2v) is 6.13. The van der Waals surface area contributed by atoms with Crippen LogP contribution in [0.15, 0.2) is 60.9 Å². The van der Waals surface area contributed by atoms with Gasteiger partial charge in [-0.15, -0.1) is 0 Å². The number of nitrogens with zero attached hydrogens (tertiary/aromatic N) is 2. The number of pyridine rings is 1. The zero-order chi connectivity index (χ0) is 18.5. The molecule has 0 bridgehead atoms. The lowest BCUT2D eigenvalue weighted by Gasteiger charge is -2.10. The van der Waals surface area contributed by atoms with Crippen LogP contribution in [0.3, 0.4) is 0 Å². The Balaban J connectivity index is 1.76. The summed E-state index contributed by atoms with van der Waals surface area (Å²) in [6.45, 7) is 1.90. The van der Waals surface area contributed by atoms with Crippen molar-refractivity contribution in [1.29, 1.82) is 5.26 Å². The van der Waals surface area contributed by atoms with Gasteiger partial charge in [-0.3, -0.25) is 9.78 Å². The molecule has 0 radical (unpaired) electrons. The molecule has 3 aromatic rings. The molecule has 0 fully saturated rings. The Morgan fingerprint density at radius 3 is 2.58 bits per heavy atom. The highest BCUT2D eigenvalue weighted by atomic mass is 35.5. The largest absolute Gasteiger partial charge is 0.354 e. The van der Waals surface area contributed by atoms with E-state index in [9.17, 15) is 4.79 Å². The normalized spacial score (nSPS) is 10.0. The highest BCUT2D eigenvalue weighted by molar-refractivity contribution is 6.31. The van der Waals surface area contributed by atoms with Crippen LogP contribution < -0.4 is 10.6 Å². The summed E-state index contributed by atoms with van der Waals surface area (Å²) in [5, 5.41) is 15.4. The summed E-state index contributed by atoms with van der Waals surface area (Å²) in [5.74, 6) is -0.272. The molecule has 0 unspecified atom stereocenters. The second-order valence-electron chi connectivity index (χ2n) is 5.69. The molecule has 1 aromatic heterocycles. The lowest BCUT2D eigenvalue weighted by molar-refractivity contribution is 0.102. The van der Waals surface area contributed by atoms with E-state index in [0.29, 0.717) is 27.5 Å². The molecule has 0 aliphatic heterocycles. The van der Waals surface area contributed by atoms with Crippen molar-refractivity contribution in [1.82, 2.24) is 4.98 Å². The highest BCUT2D eigenvalue weighted by Crippen LogP contribution is 2.22. The van der Waals surface area contributed by atoms with E-state index in [2.05, 4.69) is 21.7 Å². The average molecular weight is 363 g/mol. The van der Waals surface area contributed by atoms with Gasteiger partial charge in [-0.25, -0.2) is 0 Å². The molecule has 1 heterocycles. The Morgan fingerprint density at radius 2 is 1.85 bits per heavy atom.